The van der Waals surface area contributed by atoms with Crippen molar-refractivity contribution in [3.8, 4) is 5.75 Å². The smallest absolute Gasteiger partial charge is 0.328 e. The Morgan fingerprint density at radius 1 is 1.00 bits per heavy atom. The maximum Gasteiger partial charge on any atom is 0.328 e. The first-order valence-electron chi connectivity index (χ1n) is 13.3. The van der Waals surface area contributed by atoms with Gasteiger partial charge >= 0.3 is 12.0 Å². The number of anilines is 1. The van der Waals surface area contributed by atoms with Crippen LogP contribution in [-0.2, 0) is 23.9 Å². The fraction of sp³-hybridized carbons (Fsp3) is 0.630. The van der Waals surface area contributed by atoms with Crippen molar-refractivity contribution in [2.45, 2.75) is 71.0 Å². The Morgan fingerprint density at radius 3 is 2.38 bits per heavy atom. The molecular weight excluding hydrogens is 478 g/mol. The minimum atomic E-state index is -0.454. The molecule has 10 heteroatoms. The number of carbonyl (C=O) groups excluding carboxylic acids is 4. The number of carbonyl (C=O) groups is 4. The zero-order valence-electron chi connectivity index (χ0n) is 21.7. The summed E-state index contributed by atoms with van der Waals surface area (Å²) in [5, 5.41) is 2.33. The van der Waals surface area contributed by atoms with Gasteiger partial charge in [-0.3, -0.25) is 24.6 Å². The molecule has 4 amide bonds. The van der Waals surface area contributed by atoms with Crippen LogP contribution in [0.1, 0.15) is 57.4 Å². The third-order valence-corrected chi connectivity index (χ3v) is 7.36. The first-order chi connectivity index (χ1) is 17.8. The number of amides is 4. The average Bonchev–Trinajstić information content (AvgIpc) is 2.89. The molecule has 1 aliphatic carbocycles. The number of nitrogens with one attached hydrogen (secondary N) is 1. The van der Waals surface area contributed by atoms with Gasteiger partial charge in [0, 0.05) is 32.1 Å². The highest BCUT2D eigenvalue weighted by molar-refractivity contribution is 6.06. The summed E-state index contributed by atoms with van der Waals surface area (Å²) in [6, 6.07) is 4.89. The zero-order chi connectivity index (χ0) is 26.4. The number of esters is 1. The maximum absolute atomic E-state index is 12.8. The Balaban J connectivity index is 1.20. The van der Waals surface area contributed by atoms with Crippen molar-refractivity contribution >= 4 is 29.5 Å². The zero-order valence-corrected chi connectivity index (χ0v) is 21.7. The van der Waals surface area contributed by atoms with Crippen molar-refractivity contribution in [1.29, 1.82) is 0 Å². The highest BCUT2D eigenvalue weighted by atomic mass is 16.5. The molecule has 0 spiro atoms. The quantitative estimate of drug-likeness (QED) is 0.530. The van der Waals surface area contributed by atoms with Crippen molar-refractivity contribution in [3.63, 3.8) is 0 Å². The van der Waals surface area contributed by atoms with Gasteiger partial charge in [-0.25, -0.2) is 4.79 Å². The predicted octanol–water partition coefficient (Wildman–Crippen LogP) is 2.95. The lowest BCUT2D eigenvalue weighted by Crippen LogP contribution is -2.49. The third-order valence-electron chi connectivity index (χ3n) is 7.36. The van der Waals surface area contributed by atoms with Crippen LogP contribution in [0.4, 0.5) is 10.5 Å². The van der Waals surface area contributed by atoms with Crippen LogP contribution < -0.4 is 15.0 Å². The van der Waals surface area contributed by atoms with Crippen LogP contribution >= 0.6 is 0 Å². The van der Waals surface area contributed by atoms with E-state index in [2.05, 4.69) is 5.32 Å². The Bertz CT molecular complexity index is 998. The second-order valence-corrected chi connectivity index (χ2v) is 9.93. The third kappa shape index (κ3) is 7.00. The van der Waals surface area contributed by atoms with Crippen molar-refractivity contribution in [3.05, 3.63) is 23.8 Å². The monoisotopic (exact) mass is 515 g/mol. The van der Waals surface area contributed by atoms with Gasteiger partial charge in [0.05, 0.1) is 30.4 Å². The lowest BCUT2D eigenvalue weighted by molar-refractivity contribution is -0.150. The molecule has 2 saturated heterocycles. The summed E-state index contributed by atoms with van der Waals surface area (Å²) in [6.45, 7) is 5.58. The summed E-state index contributed by atoms with van der Waals surface area (Å²) in [4.78, 5) is 51.7. The molecule has 1 aromatic rings. The van der Waals surface area contributed by atoms with Crippen LogP contribution in [0.2, 0.25) is 0 Å². The van der Waals surface area contributed by atoms with E-state index in [4.69, 9.17) is 14.2 Å². The number of rotatable bonds is 8. The summed E-state index contributed by atoms with van der Waals surface area (Å²) in [7, 11) is 0. The standard InChI is InChI=1S/C27H37N3O7/c1-3-35-26(33)19-5-8-20(9-6-19)37-21-10-13-29(14-11-21)25(32)17-36-22-7-4-18(2)23(16-22)30-15-12-24(31)28-27(30)34/h4,7,16,19-21H,3,5-6,8-15,17H2,1-2H3,(H,28,31,34). The number of aryl methyl sites for hydroxylation is 1. The van der Waals surface area contributed by atoms with Gasteiger partial charge in [-0.05, 0) is 64.0 Å². The number of hydrogen-bond acceptors (Lipinski definition) is 7. The lowest BCUT2D eigenvalue weighted by Gasteiger charge is -2.35. The molecule has 1 aromatic carbocycles. The normalized spacial score (nSPS) is 23.0. The second kappa shape index (κ2) is 12.4. The van der Waals surface area contributed by atoms with Crippen LogP contribution in [0.25, 0.3) is 0 Å². The lowest BCUT2D eigenvalue weighted by atomic mass is 9.87. The molecule has 2 aliphatic heterocycles. The number of imide groups is 1. The van der Waals surface area contributed by atoms with Crippen LogP contribution in [0.5, 0.6) is 5.75 Å². The molecule has 37 heavy (non-hydrogen) atoms. The molecule has 2 heterocycles. The van der Waals surface area contributed by atoms with Gasteiger partial charge in [-0.15, -0.1) is 0 Å². The molecule has 4 rings (SSSR count). The number of nitrogens with zero attached hydrogens (tertiary/aromatic N) is 2. The summed E-state index contributed by atoms with van der Waals surface area (Å²) in [5.74, 6) is 0.0231. The van der Waals surface area contributed by atoms with Crippen molar-refractivity contribution in [2.75, 3.05) is 37.7 Å². The molecule has 0 bridgehead atoms. The van der Waals surface area contributed by atoms with E-state index >= 15 is 0 Å². The van der Waals surface area contributed by atoms with E-state index in [0.29, 0.717) is 37.7 Å². The Hall–Kier alpha value is -3.14. The first-order valence-corrected chi connectivity index (χ1v) is 13.3. The van der Waals surface area contributed by atoms with Gasteiger partial charge in [0.25, 0.3) is 5.91 Å². The molecule has 0 radical (unpaired) electrons. The maximum atomic E-state index is 12.8. The minimum absolute atomic E-state index is 0.00918. The number of ether oxygens (including phenoxy) is 3. The van der Waals surface area contributed by atoms with Crippen molar-refractivity contribution in [1.82, 2.24) is 10.2 Å². The predicted molar refractivity (Wildman–Crippen MR) is 135 cm³/mol. The van der Waals surface area contributed by atoms with E-state index in [-0.39, 0.29) is 48.9 Å². The Kier molecular flexibility index (Phi) is 9.02. The SMILES string of the molecule is CCOC(=O)C1CCC(OC2CCN(C(=O)COc3ccc(C)c(N4CCC(=O)NC4=O)c3)CC2)CC1. The molecule has 0 atom stereocenters. The van der Waals surface area contributed by atoms with Gasteiger partial charge in [0.1, 0.15) is 5.75 Å². The topological polar surface area (TPSA) is 114 Å². The van der Waals surface area contributed by atoms with Gasteiger partial charge < -0.3 is 19.1 Å². The van der Waals surface area contributed by atoms with E-state index in [0.717, 1.165) is 44.1 Å². The summed E-state index contributed by atoms with van der Waals surface area (Å²) >= 11 is 0. The molecule has 0 aromatic heterocycles. The molecular formula is C27H37N3O7. The molecule has 3 aliphatic rings. The van der Waals surface area contributed by atoms with Crippen molar-refractivity contribution in [2.24, 2.45) is 5.92 Å². The van der Waals surface area contributed by atoms with E-state index in [9.17, 15) is 19.2 Å². The highest BCUT2D eigenvalue weighted by Crippen LogP contribution is 2.30. The van der Waals surface area contributed by atoms with Crippen molar-refractivity contribution < 1.29 is 33.4 Å². The van der Waals surface area contributed by atoms with Gasteiger partial charge in [0.15, 0.2) is 6.61 Å². The van der Waals surface area contributed by atoms with Crippen LogP contribution in [0.15, 0.2) is 18.2 Å². The van der Waals surface area contributed by atoms with Gasteiger partial charge in [-0.2, -0.15) is 0 Å². The van der Waals surface area contributed by atoms with Crippen LogP contribution in [0.3, 0.4) is 0 Å². The fourth-order valence-electron chi connectivity index (χ4n) is 5.21. The van der Waals surface area contributed by atoms with E-state index in [1.807, 2.05) is 19.9 Å². The van der Waals surface area contributed by atoms with E-state index in [1.54, 1.807) is 17.0 Å². The second-order valence-electron chi connectivity index (χ2n) is 9.93. The summed E-state index contributed by atoms with van der Waals surface area (Å²) in [5.41, 5.74) is 1.53. The minimum Gasteiger partial charge on any atom is -0.484 e. The Morgan fingerprint density at radius 2 is 1.70 bits per heavy atom. The number of hydrogen-bond donors (Lipinski definition) is 1. The van der Waals surface area contributed by atoms with E-state index < -0.39 is 6.03 Å². The van der Waals surface area contributed by atoms with Crippen LogP contribution in [-0.4, -0.2) is 73.8 Å². The molecule has 3 fully saturated rings. The molecule has 0 unspecified atom stereocenters. The largest absolute Gasteiger partial charge is 0.484 e. The number of likely N-dealkylation sites (tertiary alicyclic amines) is 1. The van der Waals surface area contributed by atoms with Gasteiger partial charge in [-0.1, -0.05) is 6.07 Å². The fourth-order valence-corrected chi connectivity index (χ4v) is 5.21. The molecule has 1 N–H and O–H groups in total. The average molecular weight is 516 g/mol. The summed E-state index contributed by atoms with van der Waals surface area (Å²) in [6.07, 6.45) is 5.42. The number of benzene rings is 1. The first kappa shape index (κ1) is 26.9. The highest BCUT2D eigenvalue weighted by Gasteiger charge is 2.31. The van der Waals surface area contributed by atoms with E-state index in [1.165, 1.54) is 4.90 Å². The number of piperidine rings is 1. The molecule has 1 saturated carbocycles. The number of urea groups is 1. The Labute approximate surface area is 217 Å². The molecule has 202 valence electrons. The summed E-state index contributed by atoms with van der Waals surface area (Å²) < 4.78 is 17.2. The van der Waals surface area contributed by atoms with Gasteiger partial charge in [0.2, 0.25) is 5.91 Å². The van der Waals surface area contributed by atoms with Crippen LogP contribution in [0, 0.1) is 12.8 Å². The molecule has 10 nitrogen and oxygen atoms in total.